The van der Waals surface area contributed by atoms with Crippen molar-refractivity contribution in [3.63, 3.8) is 0 Å². The first-order chi connectivity index (χ1) is 14.9. The zero-order valence-electron chi connectivity index (χ0n) is 17.6. The van der Waals surface area contributed by atoms with Gasteiger partial charge in [-0.2, -0.15) is 5.26 Å². The molecule has 1 fully saturated rings. The molecule has 8 heteroatoms. The lowest BCUT2D eigenvalue weighted by Gasteiger charge is -2.49. The van der Waals surface area contributed by atoms with Gasteiger partial charge in [-0.3, -0.25) is 14.9 Å². The predicted molar refractivity (Wildman–Crippen MR) is 118 cm³/mol. The van der Waals surface area contributed by atoms with Crippen molar-refractivity contribution < 1.29 is 9.72 Å². The summed E-state index contributed by atoms with van der Waals surface area (Å²) in [7, 11) is 0. The maximum absolute atomic E-state index is 13.1. The topological polar surface area (TPSA) is 103 Å². The van der Waals surface area contributed by atoms with Gasteiger partial charge in [-0.05, 0) is 44.0 Å². The second-order valence-electron chi connectivity index (χ2n) is 8.38. The van der Waals surface area contributed by atoms with Crippen molar-refractivity contribution in [2.45, 2.75) is 32.4 Å². The summed E-state index contributed by atoms with van der Waals surface area (Å²) in [6.07, 6.45) is 0.449. The summed E-state index contributed by atoms with van der Waals surface area (Å²) in [5, 5.41) is 23.8. The quantitative estimate of drug-likeness (QED) is 0.604. The summed E-state index contributed by atoms with van der Waals surface area (Å²) in [5.41, 5.74) is 3.33. The fourth-order valence-electron chi connectivity index (χ4n) is 4.68. The minimum atomic E-state index is -0.397. The summed E-state index contributed by atoms with van der Waals surface area (Å²) < 4.78 is 0. The summed E-state index contributed by atoms with van der Waals surface area (Å²) in [5.74, 6) is -0.383. The zero-order chi connectivity index (χ0) is 22.1. The van der Waals surface area contributed by atoms with Crippen LogP contribution in [0, 0.1) is 27.4 Å². The van der Waals surface area contributed by atoms with E-state index in [0.29, 0.717) is 31.6 Å². The Morgan fingerprint density at radius 2 is 2.00 bits per heavy atom. The lowest BCUT2D eigenvalue weighted by Crippen LogP contribution is -2.61. The standard InChI is InChI=1S/C23H25N5O3/c1-15(2)25-23(29)19-12-17-11-18(28(30)31)7-8-21(17)27-10-9-26(14-22(19)27)20-6-4-3-5-16(20)13-24/h3-8,11,15,19,22H,9-10,12,14H2,1-2H3,(H,25,29)/t19-,22+/m1/s1. The number of amides is 1. The third-order valence-corrected chi connectivity index (χ3v) is 6.04. The third kappa shape index (κ3) is 3.91. The van der Waals surface area contributed by atoms with Crippen LogP contribution >= 0.6 is 0 Å². The summed E-state index contributed by atoms with van der Waals surface area (Å²) >= 11 is 0. The highest BCUT2D eigenvalue weighted by atomic mass is 16.6. The summed E-state index contributed by atoms with van der Waals surface area (Å²) in [6.45, 7) is 5.82. The smallest absolute Gasteiger partial charge is 0.269 e. The molecule has 2 aliphatic rings. The molecule has 160 valence electrons. The first-order valence-electron chi connectivity index (χ1n) is 10.5. The lowest BCUT2D eigenvalue weighted by molar-refractivity contribution is -0.384. The van der Waals surface area contributed by atoms with Crippen molar-refractivity contribution in [2.75, 3.05) is 29.4 Å². The zero-order valence-corrected chi connectivity index (χ0v) is 17.6. The van der Waals surface area contributed by atoms with Crippen LogP contribution in [0.25, 0.3) is 0 Å². The van der Waals surface area contributed by atoms with Crippen LogP contribution < -0.4 is 15.1 Å². The van der Waals surface area contributed by atoms with Gasteiger partial charge < -0.3 is 15.1 Å². The van der Waals surface area contributed by atoms with Crippen LogP contribution in [0.3, 0.4) is 0 Å². The second-order valence-corrected chi connectivity index (χ2v) is 8.38. The maximum atomic E-state index is 13.1. The minimum Gasteiger partial charge on any atom is -0.367 e. The van der Waals surface area contributed by atoms with Crippen molar-refractivity contribution in [2.24, 2.45) is 5.92 Å². The number of carbonyl (C=O) groups excluding carboxylic acids is 1. The molecule has 0 aliphatic carbocycles. The third-order valence-electron chi connectivity index (χ3n) is 6.04. The lowest BCUT2D eigenvalue weighted by atomic mass is 9.83. The van der Waals surface area contributed by atoms with Crippen LogP contribution in [0.4, 0.5) is 17.1 Å². The summed E-state index contributed by atoms with van der Waals surface area (Å²) in [6, 6.07) is 14.6. The Bertz CT molecular complexity index is 1060. The van der Waals surface area contributed by atoms with Crippen LogP contribution in [0.1, 0.15) is 25.0 Å². The molecule has 0 saturated carbocycles. The monoisotopic (exact) mass is 419 g/mol. The number of para-hydroxylation sites is 1. The van der Waals surface area contributed by atoms with Crippen LogP contribution in [0.2, 0.25) is 0 Å². The number of benzene rings is 2. The number of nitro benzene ring substituents is 1. The van der Waals surface area contributed by atoms with E-state index in [2.05, 4.69) is 21.2 Å². The van der Waals surface area contributed by atoms with Crippen molar-refractivity contribution in [3.8, 4) is 6.07 Å². The average Bonchev–Trinajstić information content (AvgIpc) is 2.77. The first-order valence-corrected chi connectivity index (χ1v) is 10.5. The fraction of sp³-hybridized carbons (Fsp3) is 0.391. The Morgan fingerprint density at radius 1 is 1.23 bits per heavy atom. The molecule has 4 rings (SSSR count). The van der Waals surface area contributed by atoms with Gasteiger partial charge in [-0.1, -0.05) is 12.1 Å². The maximum Gasteiger partial charge on any atom is 0.269 e. The number of fused-ring (bicyclic) bond motifs is 3. The van der Waals surface area contributed by atoms with Gasteiger partial charge in [0.05, 0.1) is 28.1 Å². The number of nitrogens with zero attached hydrogens (tertiary/aromatic N) is 4. The van der Waals surface area contributed by atoms with Crippen LogP contribution in [-0.2, 0) is 11.2 Å². The minimum absolute atomic E-state index is 0.00599. The largest absolute Gasteiger partial charge is 0.367 e. The first kappa shape index (κ1) is 20.7. The van der Waals surface area contributed by atoms with E-state index < -0.39 is 4.92 Å². The van der Waals surface area contributed by atoms with E-state index in [-0.39, 0.29) is 29.6 Å². The van der Waals surface area contributed by atoms with Gasteiger partial charge in [-0.15, -0.1) is 0 Å². The van der Waals surface area contributed by atoms with E-state index in [1.54, 1.807) is 18.2 Å². The van der Waals surface area contributed by atoms with E-state index in [9.17, 15) is 20.2 Å². The predicted octanol–water partition coefficient (Wildman–Crippen LogP) is 2.86. The molecular weight excluding hydrogens is 394 g/mol. The molecule has 1 amide bonds. The number of hydrogen-bond donors (Lipinski definition) is 1. The van der Waals surface area contributed by atoms with Gasteiger partial charge in [-0.25, -0.2) is 0 Å². The van der Waals surface area contributed by atoms with Gasteiger partial charge in [0.1, 0.15) is 6.07 Å². The molecule has 2 atom stereocenters. The second kappa shape index (κ2) is 8.26. The van der Waals surface area contributed by atoms with E-state index in [0.717, 1.165) is 16.9 Å². The molecule has 1 N–H and O–H groups in total. The van der Waals surface area contributed by atoms with Crippen LogP contribution in [0.15, 0.2) is 42.5 Å². The van der Waals surface area contributed by atoms with E-state index in [1.165, 1.54) is 6.07 Å². The number of piperazine rings is 1. The Kier molecular flexibility index (Phi) is 5.51. The molecular formula is C23H25N5O3. The number of non-ortho nitro benzene ring substituents is 1. The van der Waals surface area contributed by atoms with Gasteiger partial charge in [0.2, 0.25) is 5.91 Å². The molecule has 1 saturated heterocycles. The fourth-order valence-corrected chi connectivity index (χ4v) is 4.68. The number of nitriles is 1. The normalized spacial score (nSPS) is 19.9. The molecule has 0 bridgehead atoms. The van der Waals surface area contributed by atoms with E-state index in [1.807, 2.05) is 32.0 Å². The summed E-state index contributed by atoms with van der Waals surface area (Å²) in [4.78, 5) is 28.4. The van der Waals surface area contributed by atoms with Gasteiger partial charge in [0.25, 0.3) is 5.69 Å². The van der Waals surface area contributed by atoms with Crippen LogP contribution in [0.5, 0.6) is 0 Å². The molecule has 0 unspecified atom stereocenters. The highest BCUT2D eigenvalue weighted by Gasteiger charge is 2.42. The van der Waals surface area contributed by atoms with Crippen molar-refractivity contribution >= 4 is 23.0 Å². The molecule has 0 spiro atoms. The molecule has 0 aromatic heterocycles. The van der Waals surface area contributed by atoms with Gasteiger partial charge in [0, 0.05) is 43.5 Å². The number of nitrogens with one attached hydrogen (secondary N) is 1. The molecule has 2 aromatic rings. The average molecular weight is 419 g/mol. The number of rotatable bonds is 4. The Hall–Kier alpha value is -3.60. The Morgan fingerprint density at radius 3 is 2.71 bits per heavy atom. The Balaban J connectivity index is 1.71. The number of carbonyl (C=O) groups is 1. The molecule has 2 aliphatic heterocycles. The molecule has 2 aromatic carbocycles. The van der Waals surface area contributed by atoms with Crippen molar-refractivity contribution in [1.29, 1.82) is 5.26 Å². The van der Waals surface area contributed by atoms with Crippen molar-refractivity contribution in [1.82, 2.24) is 5.32 Å². The molecule has 2 heterocycles. The number of nitro groups is 1. The number of anilines is 2. The molecule has 0 radical (unpaired) electrons. The van der Waals surface area contributed by atoms with E-state index >= 15 is 0 Å². The van der Waals surface area contributed by atoms with E-state index in [4.69, 9.17) is 0 Å². The van der Waals surface area contributed by atoms with Gasteiger partial charge >= 0.3 is 0 Å². The molecule has 8 nitrogen and oxygen atoms in total. The van der Waals surface area contributed by atoms with Crippen LogP contribution in [-0.4, -0.2) is 42.5 Å². The number of hydrogen-bond acceptors (Lipinski definition) is 6. The highest BCUT2D eigenvalue weighted by molar-refractivity contribution is 5.83. The van der Waals surface area contributed by atoms with Crippen molar-refractivity contribution in [3.05, 3.63) is 63.7 Å². The SMILES string of the molecule is CC(C)NC(=O)[C@@H]1Cc2cc([N+](=O)[O-])ccc2N2CCN(c3ccccc3C#N)C[C@@H]12. The highest BCUT2D eigenvalue weighted by Crippen LogP contribution is 2.39. The molecule has 31 heavy (non-hydrogen) atoms. The van der Waals surface area contributed by atoms with Gasteiger partial charge in [0.15, 0.2) is 0 Å². The Labute approximate surface area is 181 Å².